The molecule has 1 fully saturated rings. The van der Waals surface area contributed by atoms with Gasteiger partial charge in [0.1, 0.15) is 0 Å². The molecule has 3 rings (SSSR count). The number of piperidine rings is 1. The van der Waals surface area contributed by atoms with Crippen LogP contribution in [-0.4, -0.2) is 29.4 Å². The number of hydrogen-bond acceptors (Lipinski definition) is 2. The van der Waals surface area contributed by atoms with E-state index in [-0.39, 0.29) is 11.9 Å². The molecule has 1 amide bonds. The predicted molar refractivity (Wildman–Crippen MR) is 112 cm³/mol. The topological polar surface area (TPSA) is 32.3 Å². The molecular weight excluding hydrogens is 332 g/mol. The van der Waals surface area contributed by atoms with Crippen molar-refractivity contribution in [2.75, 3.05) is 6.54 Å². The Morgan fingerprint density at radius 1 is 1.11 bits per heavy atom. The van der Waals surface area contributed by atoms with Gasteiger partial charge in [0.15, 0.2) is 0 Å². The van der Waals surface area contributed by atoms with E-state index in [0.29, 0.717) is 6.04 Å². The highest BCUT2D eigenvalue weighted by Crippen LogP contribution is 2.23. The highest BCUT2D eigenvalue weighted by atomic mass is 16.2. The van der Waals surface area contributed by atoms with E-state index < -0.39 is 0 Å². The van der Waals surface area contributed by atoms with Crippen LogP contribution in [0.15, 0.2) is 42.5 Å². The maximum atomic E-state index is 12.3. The predicted octanol–water partition coefficient (Wildman–Crippen LogP) is 4.32. The monoisotopic (exact) mass is 364 g/mol. The summed E-state index contributed by atoms with van der Waals surface area (Å²) in [6.07, 6.45) is 3.09. The number of likely N-dealkylation sites (tertiary alicyclic amines) is 1. The Hall–Kier alpha value is -2.13. The lowest BCUT2D eigenvalue weighted by molar-refractivity contribution is -0.133. The van der Waals surface area contributed by atoms with E-state index >= 15 is 0 Å². The summed E-state index contributed by atoms with van der Waals surface area (Å²) in [6, 6.07) is 15.8. The minimum Gasteiger partial charge on any atom is -0.338 e. The van der Waals surface area contributed by atoms with Crippen molar-refractivity contribution in [2.45, 2.75) is 65.6 Å². The molecule has 0 aromatic heterocycles. The van der Waals surface area contributed by atoms with E-state index in [1.807, 2.05) is 0 Å². The van der Waals surface area contributed by atoms with Crippen molar-refractivity contribution in [3.8, 4) is 0 Å². The molecule has 1 aliphatic rings. The maximum absolute atomic E-state index is 12.3. The molecular formula is C24H32N2O. The molecule has 2 aromatic rings. The van der Waals surface area contributed by atoms with Gasteiger partial charge in [-0.3, -0.25) is 4.79 Å². The molecule has 2 atom stereocenters. The fraction of sp³-hybridized carbons (Fsp3) is 0.458. The highest BCUT2D eigenvalue weighted by molar-refractivity contribution is 5.73. The summed E-state index contributed by atoms with van der Waals surface area (Å²) in [5, 5.41) is 3.78. The third-order valence-electron chi connectivity index (χ3n) is 6.02. The molecule has 0 aliphatic carbocycles. The van der Waals surface area contributed by atoms with Gasteiger partial charge in [0.2, 0.25) is 5.91 Å². The molecule has 0 unspecified atom stereocenters. The van der Waals surface area contributed by atoms with Crippen molar-refractivity contribution in [3.63, 3.8) is 0 Å². The first-order valence-corrected chi connectivity index (χ1v) is 10.1. The summed E-state index contributed by atoms with van der Waals surface area (Å²) in [7, 11) is 0. The molecule has 3 nitrogen and oxygen atoms in total. The number of benzene rings is 2. The van der Waals surface area contributed by atoms with E-state index in [4.69, 9.17) is 0 Å². The van der Waals surface area contributed by atoms with E-state index in [1.54, 1.807) is 6.92 Å². The normalized spacial score (nSPS) is 19.9. The number of rotatable bonds is 5. The smallest absolute Gasteiger partial charge is 0.219 e. The standard InChI is InChI=1S/C24H32N2O/c1-17-10-12-21(13-11-17)15-24-23(9-6-14-26(24)20(4)27)25-16-22-8-5-7-18(2)19(22)3/h5,7-8,10-13,23-25H,6,9,14-16H2,1-4H3/t23-,24-/m0/s1. The van der Waals surface area contributed by atoms with Crippen molar-refractivity contribution in [1.29, 1.82) is 0 Å². The maximum Gasteiger partial charge on any atom is 0.219 e. The van der Waals surface area contributed by atoms with Gasteiger partial charge >= 0.3 is 0 Å². The zero-order chi connectivity index (χ0) is 19.4. The van der Waals surface area contributed by atoms with Crippen LogP contribution in [0.25, 0.3) is 0 Å². The Morgan fingerprint density at radius 2 is 1.85 bits per heavy atom. The van der Waals surface area contributed by atoms with Gasteiger partial charge < -0.3 is 10.2 Å². The van der Waals surface area contributed by atoms with Gasteiger partial charge in [0.25, 0.3) is 0 Å². The average Bonchev–Trinajstić information content (AvgIpc) is 2.65. The molecule has 144 valence electrons. The lowest BCUT2D eigenvalue weighted by Crippen LogP contribution is -2.56. The number of carbonyl (C=O) groups is 1. The van der Waals surface area contributed by atoms with Crippen molar-refractivity contribution in [2.24, 2.45) is 0 Å². The first-order chi connectivity index (χ1) is 13.0. The molecule has 0 radical (unpaired) electrons. The zero-order valence-corrected chi connectivity index (χ0v) is 17.1. The number of nitrogens with one attached hydrogen (secondary N) is 1. The van der Waals surface area contributed by atoms with Crippen LogP contribution in [0, 0.1) is 20.8 Å². The van der Waals surface area contributed by atoms with E-state index in [1.165, 1.54) is 27.8 Å². The van der Waals surface area contributed by atoms with Crippen LogP contribution < -0.4 is 5.32 Å². The first-order valence-electron chi connectivity index (χ1n) is 10.1. The molecule has 3 heteroatoms. The Bertz CT molecular complexity index is 781. The van der Waals surface area contributed by atoms with Crippen molar-refractivity contribution in [3.05, 3.63) is 70.3 Å². The van der Waals surface area contributed by atoms with Gasteiger partial charge in [-0.1, -0.05) is 48.0 Å². The Balaban J connectivity index is 1.76. The lowest BCUT2D eigenvalue weighted by atomic mass is 9.90. The number of amides is 1. The summed E-state index contributed by atoms with van der Waals surface area (Å²) >= 11 is 0. The first kappa shape index (κ1) is 19.6. The molecule has 1 N–H and O–H groups in total. The second-order valence-corrected chi connectivity index (χ2v) is 7.96. The molecule has 1 saturated heterocycles. The van der Waals surface area contributed by atoms with Gasteiger partial charge in [-0.15, -0.1) is 0 Å². The third-order valence-corrected chi connectivity index (χ3v) is 6.02. The second-order valence-electron chi connectivity index (χ2n) is 7.96. The van der Waals surface area contributed by atoms with Gasteiger partial charge in [0, 0.05) is 26.1 Å². The van der Waals surface area contributed by atoms with Crippen molar-refractivity contribution < 1.29 is 4.79 Å². The summed E-state index contributed by atoms with van der Waals surface area (Å²) in [6.45, 7) is 9.90. The van der Waals surface area contributed by atoms with E-state index in [2.05, 4.69) is 73.5 Å². The Kier molecular flexibility index (Phi) is 6.33. The molecule has 1 aliphatic heterocycles. The summed E-state index contributed by atoms with van der Waals surface area (Å²) in [4.78, 5) is 14.3. The largest absolute Gasteiger partial charge is 0.338 e. The van der Waals surface area contributed by atoms with Crippen LogP contribution in [0.1, 0.15) is 47.6 Å². The minimum absolute atomic E-state index is 0.186. The van der Waals surface area contributed by atoms with E-state index in [0.717, 1.165) is 32.4 Å². The Morgan fingerprint density at radius 3 is 2.56 bits per heavy atom. The van der Waals surface area contributed by atoms with Gasteiger partial charge in [-0.2, -0.15) is 0 Å². The summed E-state index contributed by atoms with van der Waals surface area (Å²) in [5.41, 5.74) is 6.62. The van der Waals surface area contributed by atoms with Crippen LogP contribution >= 0.6 is 0 Å². The van der Waals surface area contributed by atoms with Gasteiger partial charge in [-0.05, 0) is 62.3 Å². The molecule has 1 heterocycles. The SMILES string of the molecule is CC(=O)N1CCC[C@H](NCc2cccc(C)c2C)[C@@H]1Cc1ccc(C)cc1. The zero-order valence-electron chi connectivity index (χ0n) is 17.1. The lowest BCUT2D eigenvalue weighted by Gasteiger charge is -2.41. The number of aryl methyl sites for hydroxylation is 2. The Labute approximate surface area is 163 Å². The average molecular weight is 365 g/mol. The second kappa shape index (κ2) is 8.71. The van der Waals surface area contributed by atoms with Gasteiger partial charge in [-0.25, -0.2) is 0 Å². The third kappa shape index (κ3) is 4.78. The molecule has 0 bridgehead atoms. The van der Waals surface area contributed by atoms with E-state index in [9.17, 15) is 4.79 Å². The molecule has 2 aromatic carbocycles. The molecule has 0 spiro atoms. The summed E-state index contributed by atoms with van der Waals surface area (Å²) < 4.78 is 0. The number of hydrogen-bond donors (Lipinski definition) is 1. The van der Waals surface area contributed by atoms with Crippen LogP contribution in [0.3, 0.4) is 0 Å². The summed E-state index contributed by atoms with van der Waals surface area (Å²) in [5.74, 6) is 0.186. The van der Waals surface area contributed by atoms with Crippen molar-refractivity contribution >= 4 is 5.91 Å². The van der Waals surface area contributed by atoms with Crippen LogP contribution in [0.2, 0.25) is 0 Å². The van der Waals surface area contributed by atoms with Crippen LogP contribution in [0.4, 0.5) is 0 Å². The fourth-order valence-corrected chi connectivity index (χ4v) is 4.15. The van der Waals surface area contributed by atoms with Crippen molar-refractivity contribution in [1.82, 2.24) is 10.2 Å². The number of carbonyl (C=O) groups excluding carboxylic acids is 1. The number of nitrogens with zero attached hydrogens (tertiary/aromatic N) is 1. The van der Waals surface area contributed by atoms with Crippen LogP contribution in [0.5, 0.6) is 0 Å². The van der Waals surface area contributed by atoms with Crippen LogP contribution in [-0.2, 0) is 17.8 Å². The quantitative estimate of drug-likeness (QED) is 0.857. The minimum atomic E-state index is 0.186. The van der Waals surface area contributed by atoms with Gasteiger partial charge in [0.05, 0.1) is 6.04 Å². The molecule has 27 heavy (non-hydrogen) atoms. The molecule has 0 saturated carbocycles. The fourth-order valence-electron chi connectivity index (χ4n) is 4.15. The highest BCUT2D eigenvalue weighted by Gasteiger charge is 2.32.